The van der Waals surface area contributed by atoms with Crippen molar-refractivity contribution in [2.45, 2.75) is 64.6 Å². The molecule has 0 radical (unpaired) electrons. The Balaban J connectivity index is 2.08. The number of nitrogens with two attached hydrogens (primary N) is 1. The summed E-state index contributed by atoms with van der Waals surface area (Å²) < 4.78 is 0. The molecule has 0 bridgehead atoms. The van der Waals surface area contributed by atoms with Crippen molar-refractivity contribution in [2.75, 3.05) is 26.2 Å². The van der Waals surface area contributed by atoms with Crippen LogP contribution in [0.1, 0.15) is 47.0 Å². The van der Waals surface area contributed by atoms with E-state index in [0.29, 0.717) is 12.1 Å². The van der Waals surface area contributed by atoms with E-state index < -0.39 is 0 Å². The van der Waals surface area contributed by atoms with Crippen molar-refractivity contribution in [1.29, 1.82) is 0 Å². The summed E-state index contributed by atoms with van der Waals surface area (Å²) in [5.41, 5.74) is 6.43. The van der Waals surface area contributed by atoms with Gasteiger partial charge in [0.2, 0.25) is 0 Å². The highest BCUT2D eigenvalue weighted by molar-refractivity contribution is 5.02. The fourth-order valence-corrected chi connectivity index (χ4v) is 3.38. The Kier molecular flexibility index (Phi) is 4.35. The van der Waals surface area contributed by atoms with Gasteiger partial charge in [0, 0.05) is 43.8 Å². The summed E-state index contributed by atoms with van der Waals surface area (Å²) in [6.45, 7) is 13.7. The van der Waals surface area contributed by atoms with Crippen LogP contribution in [0.5, 0.6) is 0 Å². The van der Waals surface area contributed by atoms with Crippen molar-refractivity contribution >= 4 is 0 Å². The Labute approximate surface area is 113 Å². The molecular formula is C15H31N3. The highest BCUT2D eigenvalue weighted by atomic mass is 15.3. The number of hydrogen-bond acceptors (Lipinski definition) is 3. The summed E-state index contributed by atoms with van der Waals surface area (Å²) in [7, 11) is 0. The molecule has 3 nitrogen and oxygen atoms in total. The number of likely N-dealkylation sites (tertiary alicyclic amines) is 1. The molecule has 2 N–H and O–H groups in total. The minimum atomic E-state index is 0.237. The maximum Gasteiger partial charge on any atom is 0.0473 e. The smallest absolute Gasteiger partial charge is 0.0473 e. The van der Waals surface area contributed by atoms with E-state index in [9.17, 15) is 0 Å². The van der Waals surface area contributed by atoms with Crippen molar-refractivity contribution in [1.82, 2.24) is 9.80 Å². The summed E-state index contributed by atoms with van der Waals surface area (Å²) >= 11 is 0. The predicted molar refractivity (Wildman–Crippen MR) is 77.7 cm³/mol. The first kappa shape index (κ1) is 14.3. The second kappa shape index (κ2) is 5.48. The van der Waals surface area contributed by atoms with Crippen molar-refractivity contribution in [2.24, 2.45) is 11.7 Å². The van der Waals surface area contributed by atoms with E-state index in [4.69, 9.17) is 5.73 Å². The summed E-state index contributed by atoms with van der Waals surface area (Å²) in [6.07, 6.45) is 4.10. The molecule has 0 aromatic rings. The van der Waals surface area contributed by atoms with Crippen molar-refractivity contribution in [3.05, 3.63) is 0 Å². The first-order valence-electron chi connectivity index (χ1n) is 7.69. The third-order valence-electron chi connectivity index (χ3n) is 4.86. The Bertz CT molecular complexity index is 273. The molecule has 1 aliphatic heterocycles. The van der Waals surface area contributed by atoms with Gasteiger partial charge >= 0.3 is 0 Å². The molecule has 0 amide bonds. The van der Waals surface area contributed by atoms with Crippen LogP contribution in [-0.4, -0.2) is 53.6 Å². The lowest BCUT2D eigenvalue weighted by molar-refractivity contribution is 0.0586. The lowest BCUT2D eigenvalue weighted by Crippen LogP contribution is -2.59. The maximum atomic E-state index is 6.20. The quantitative estimate of drug-likeness (QED) is 0.785. The monoisotopic (exact) mass is 253 g/mol. The molecule has 2 fully saturated rings. The molecule has 0 spiro atoms. The van der Waals surface area contributed by atoms with Crippen LogP contribution in [0.25, 0.3) is 0 Å². The van der Waals surface area contributed by atoms with Crippen molar-refractivity contribution < 1.29 is 0 Å². The molecule has 18 heavy (non-hydrogen) atoms. The average molecular weight is 253 g/mol. The molecular weight excluding hydrogens is 222 g/mol. The predicted octanol–water partition coefficient (Wildman–Crippen LogP) is 1.92. The number of rotatable bonds is 6. The lowest BCUT2D eigenvalue weighted by atomic mass is 9.93. The van der Waals surface area contributed by atoms with E-state index in [2.05, 4.69) is 37.5 Å². The molecule has 1 heterocycles. The van der Waals surface area contributed by atoms with Gasteiger partial charge in [0.05, 0.1) is 0 Å². The zero-order chi connectivity index (χ0) is 13.3. The van der Waals surface area contributed by atoms with Crippen LogP contribution >= 0.6 is 0 Å². The molecule has 106 valence electrons. The zero-order valence-corrected chi connectivity index (χ0v) is 12.7. The van der Waals surface area contributed by atoms with Crippen LogP contribution in [-0.2, 0) is 0 Å². The van der Waals surface area contributed by atoms with Crippen LogP contribution in [0, 0.1) is 5.92 Å². The molecule has 1 unspecified atom stereocenters. The standard InChI is InChI=1S/C15H31N3/c1-12(2)17-8-7-15(10-16,11-17)18(13(3)4)9-14-5-6-14/h12-14H,5-11,16H2,1-4H3. The molecule has 1 atom stereocenters. The highest BCUT2D eigenvalue weighted by Crippen LogP contribution is 2.36. The second-order valence-corrected chi connectivity index (χ2v) is 6.93. The topological polar surface area (TPSA) is 32.5 Å². The van der Waals surface area contributed by atoms with Gasteiger partial charge < -0.3 is 5.73 Å². The van der Waals surface area contributed by atoms with Gasteiger partial charge in [-0.3, -0.25) is 9.80 Å². The Morgan fingerprint density at radius 1 is 1.28 bits per heavy atom. The molecule has 1 aliphatic carbocycles. The third kappa shape index (κ3) is 2.89. The van der Waals surface area contributed by atoms with E-state index in [-0.39, 0.29) is 5.54 Å². The van der Waals surface area contributed by atoms with Gasteiger partial charge in [-0.15, -0.1) is 0 Å². The minimum absolute atomic E-state index is 0.237. The number of nitrogens with zero attached hydrogens (tertiary/aromatic N) is 2. The van der Waals surface area contributed by atoms with Crippen LogP contribution in [0.15, 0.2) is 0 Å². The summed E-state index contributed by atoms with van der Waals surface area (Å²) in [5, 5.41) is 0. The van der Waals surface area contributed by atoms with E-state index in [0.717, 1.165) is 19.0 Å². The largest absolute Gasteiger partial charge is 0.329 e. The maximum absolute atomic E-state index is 6.20. The van der Waals surface area contributed by atoms with Crippen LogP contribution in [0.3, 0.4) is 0 Å². The Morgan fingerprint density at radius 3 is 2.33 bits per heavy atom. The van der Waals surface area contributed by atoms with Crippen LogP contribution in [0.4, 0.5) is 0 Å². The van der Waals surface area contributed by atoms with Gasteiger partial charge in [-0.2, -0.15) is 0 Å². The van der Waals surface area contributed by atoms with Gasteiger partial charge in [-0.05, 0) is 52.9 Å². The van der Waals surface area contributed by atoms with Crippen molar-refractivity contribution in [3.8, 4) is 0 Å². The molecule has 3 heteroatoms. The zero-order valence-electron chi connectivity index (χ0n) is 12.7. The molecule has 0 aromatic carbocycles. The highest BCUT2D eigenvalue weighted by Gasteiger charge is 2.44. The number of hydrogen-bond donors (Lipinski definition) is 1. The summed E-state index contributed by atoms with van der Waals surface area (Å²) in [6, 6.07) is 1.26. The van der Waals surface area contributed by atoms with Gasteiger partial charge in [0.25, 0.3) is 0 Å². The Hall–Kier alpha value is -0.120. The van der Waals surface area contributed by atoms with Gasteiger partial charge in [0.15, 0.2) is 0 Å². The minimum Gasteiger partial charge on any atom is -0.329 e. The fraction of sp³-hybridized carbons (Fsp3) is 1.00. The fourth-order valence-electron chi connectivity index (χ4n) is 3.38. The molecule has 1 saturated heterocycles. The van der Waals surface area contributed by atoms with Gasteiger partial charge in [-0.1, -0.05) is 0 Å². The van der Waals surface area contributed by atoms with E-state index in [1.54, 1.807) is 0 Å². The van der Waals surface area contributed by atoms with Crippen molar-refractivity contribution in [3.63, 3.8) is 0 Å². The SMILES string of the molecule is CC(C)N1CCC(CN)(N(CC2CC2)C(C)C)C1. The second-order valence-electron chi connectivity index (χ2n) is 6.93. The molecule has 2 rings (SSSR count). The van der Waals surface area contributed by atoms with Gasteiger partial charge in [0.1, 0.15) is 0 Å². The van der Waals surface area contributed by atoms with E-state index in [1.807, 2.05) is 0 Å². The van der Waals surface area contributed by atoms with Crippen LogP contribution < -0.4 is 5.73 Å². The van der Waals surface area contributed by atoms with Gasteiger partial charge in [-0.25, -0.2) is 0 Å². The van der Waals surface area contributed by atoms with E-state index >= 15 is 0 Å². The van der Waals surface area contributed by atoms with Crippen LogP contribution in [0.2, 0.25) is 0 Å². The first-order chi connectivity index (χ1) is 8.48. The average Bonchev–Trinajstić information content (AvgIpc) is 3.03. The normalized spacial score (nSPS) is 30.0. The summed E-state index contributed by atoms with van der Waals surface area (Å²) in [4.78, 5) is 5.31. The lowest BCUT2D eigenvalue weighted by Gasteiger charge is -2.44. The molecule has 1 saturated carbocycles. The first-order valence-corrected chi connectivity index (χ1v) is 7.69. The van der Waals surface area contributed by atoms with E-state index in [1.165, 1.54) is 32.4 Å². The summed E-state index contributed by atoms with van der Waals surface area (Å²) in [5.74, 6) is 0.948. The molecule has 0 aromatic heterocycles. The molecule has 2 aliphatic rings. The third-order valence-corrected chi connectivity index (χ3v) is 4.86. The Morgan fingerprint density at radius 2 is 1.94 bits per heavy atom.